The van der Waals surface area contributed by atoms with Gasteiger partial charge in [-0.25, -0.2) is 4.90 Å². The van der Waals surface area contributed by atoms with E-state index in [0.29, 0.717) is 16.2 Å². The molecule has 0 spiro atoms. The largest absolute Gasteiger partial charge is 0.272 e. The summed E-state index contributed by atoms with van der Waals surface area (Å²) >= 11 is 1.45. The van der Waals surface area contributed by atoms with Gasteiger partial charge >= 0.3 is 0 Å². The van der Waals surface area contributed by atoms with Crippen molar-refractivity contribution in [1.29, 1.82) is 0 Å². The second-order valence-electron chi connectivity index (χ2n) is 8.48. The lowest BCUT2D eigenvalue weighted by atomic mass is 9.87. The first-order valence-corrected chi connectivity index (χ1v) is 10.4. The second kappa shape index (κ2) is 7.59. The molecule has 0 bridgehead atoms. The van der Waals surface area contributed by atoms with Gasteiger partial charge in [0.1, 0.15) is 0 Å². The first-order valence-electron chi connectivity index (χ1n) is 9.57. The van der Waals surface area contributed by atoms with Gasteiger partial charge in [0.15, 0.2) is 0 Å². The predicted molar refractivity (Wildman–Crippen MR) is 118 cm³/mol. The molecule has 0 atom stereocenters. The van der Waals surface area contributed by atoms with Gasteiger partial charge in [0, 0.05) is 5.25 Å². The van der Waals surface area contributed by atoms with Crippen LogP contribution in [0.1, 0.15) is 51.3 Å². The molecule has 0 aromatic heterocycles. The van der Waals surface area contributed by atoms with Crippen molar-refractivity contribution < 1.29 is 9.59 Å². The van der Waals surface area contributed by atoms with Crippen LogP contribution in [0.15, 0.2) is 53.4 Å². The van der Waals surface area contributed by atoms with E-state index < -0.39 is 0 Å². The Hall–Kier alpha value is -2.33. The molecule has 0 aliphatic carbocycles. The minimum atomic E-state index is -0.250. The molecule has 2 amide bonds. The predicted octanol–water partition coefficient (Wildman–Crippen LogP) is 5.72. The van der Waals surface area contributed by atoms with E-state index in [1.165, 1.54) is 22.2 Å². The van der Waals surface area contributed by atoms with E-state index >= 15 is 0 Å². The van der Waals surface area contributed by atoms with Crippen molar-refractivity contribution in [2.24, 2.45) is 0 Å². The number of nitrogens with zero attached hydrogens (tertiary/aromatic N) is 1. The monoisotopic (exact) mass is 393 g/mol. The van der Waals surface area contributed by atoms with Gasteiger partial charge in [0.05, 0.1) is 16.2 Å². The molecule has 4 heteroatoms. The third-order valence-electron chi connectivity index (χ3n) is 4.73. The fraction of sp³-hybridized carbons (Fsp3) is 0.333. The standard InChI is InChI=1S/C24H27NO2S/c1-15(2)28-21-20(17-9-7-16(3)8-10-17)22(26)25(23(21)27)19-13-11-18(12-14-19)24(4,5)6/h7-15H,1-6H3. The quantitative estimate of drug-likeness (QED) is 0.624. The molecule has 0 saturated carbocycles. The number of hydrogen-bond donors (Lipinski definition) is 0. The summed E-state index contributed by atoms with van der Waals surface area (Å²) in [7, 11) is 0. The van der Waals surface area contributed by atoms with Crippen LogP contribution in [0.3, 0.4) is 0 Å². The summed E-state index contributed by atoms with van der Waals surface area (Å²) in [6.45, 7) is 12.5. The van der Waals surface area contributed by atoms with E-state index in [1.807, 2.05) is 69.3 Å². The molecule has 1 aliphatic heterocycles. The van der Waals surface area contributed by atoms with Crippen LogP contribution < -0.4 is 4.90 Å². The molecule has 0 radical (unpaired) electrons. The van der Waals surface area contributed by atoms with Crippen molar-refractivity contribution in [2.45, 2.75) is 52.2 Å². The zero-order valence-electron chi connectivity index (χ0n) is 17.4. The van der Waals surface area contributed by atoms with E-state index in [2.05, 4.69) is 20.8 Å². The van der Waals surface area contributed by atoms with Crippen LogP contribution in [-0.2, 0) is 15.0 Å². The minimum Gasteiger partial charge on any atom is -0.268 e. The Bertz CT molecular complexity index is 932. The van der Waals surface area contributed by atoms with Crippen LogP contribution in [0.2, 0.25) is 0 Å². The van der Waals surface area contributed by atoms with E-state index in [1.54, 1.807) is 0 Å². The number of anilines is 1. The molecule has 2 aromatic rings. The Labute approximate surface area is 171 Å². The van der Waals surface area contributed by atoms with Crippen LogP contribution in [0.5, 0.6) is 0 Å². The highest BCUT2D eigenvalue weighted by atomic mass is 32.2. The first kappa shape index (κ1) is 20.4. The van der Waals surface area contributed by atoms with Gasteiger partial charge in [-0.05, 0) is 35.6 Å². The van der Waals surface area contributed by atoms with Crippen LogP contribution in [0.25, 0.3) is 5.57 Å². The maximum Gasteiger partial charge on any atom is 0.272 e. The fourth-order valence-corrected chi connectivity index (χ4v) is 4.16. The van der Waals surface area contributed by atoms with Crippen LogP contribution >= 0.6 is 11.8 Å². The van der Waals surface area contributed by atoms with Gasteiger partial charge in [-0.2, -0.15) is 0 Å². The number of thioether (sulfide) groups is 1. The highest BCUT2D eigenvalue weighted by molar-refractivity contribution is 8.04. The van der Waals surface area contributed by atoms with E-state index in [4.69, 9.17) is 0 Å². The average Bonchev–Trinajstić information content (AvgIpc) is 2.85. The SMILES string of the molecule is Cc1ccc(C2=C(SC(C)C)C(=O)N(c3ccc(C(C)(C)C)cc3)C2=O)cc1. The molecule has 2 aromatic carbocycles. The number of benzene rings is 2. The molecule has 1 aliphatic rings. The van der Waals surface area contributed by atoms with Gasteiger partial charge in [-0.1, -0.05) is 76.6 Å². The zero-order valence-corrected chi connectivity index (χ0v) is 18.2. The van der Waals surface area contributed by atoms with E-state index in [0.717, 1.165) is 11.1 Å². The van der Waals surface area contributed by atoms with Crippen molar-refractivity contribution in [3.05, 3.63) is 70.1 Å². The zero-order chi connectivity index (χ0) is 20.6. The van der Waals surface area contributed by atoms with Gasteiger partial charge in [0.25, 0.3) is 11.8 Å². The highest BCUT2D eigenvalue weighted by Gasteiger charge is 2.40. The third-order valence-corrected chi connectivity index (χ3v) is 5.81. The summed E-state index contributed by atoms with van der Waals surface area (Å²) in [6.07, 6.45) is 0. The second-order valence-corrected chi connectivity index (χ2v) is 10.1. The summed E-state index contributed by atoms with van der Waals surface area (Å²) in [5.74, 6) is -0.483. The Morgan fingerprint density at radius 3 is 1.93 bits per heavy atom. The number of amides is 2. The van der Waals surface area contributed by atoms with Crippen molar-refractivity contribution in [3.8, 4) is 0 Å². The van der Waals surface area contributed by atoms with Gasteiger partial charge in [-0.3, -0.25) is 9.59 Å². The Morgan fingerprint density at radius 1 is 0.857 bits per heavy atom. The van der Waals surface area contributed by atoms with Crippen molar-refractivity contribution in [1.82, 2.24) is 0 Å². The first-order chi connectivity index (χ1) is 13.1. The molecule has 0 fully saturated rings. The molecule has 3 nitrogen and oxygen atoms in total. The number of carbonyl (C=O) groups is 2. The maximum absolute atomic E-state index is 13.3. The molecule has 0 saturated heterocycles. The topological polar surface area (TPSA) is 37.4 Å². The van der Waals surface area contributed by atoms with Crippen LogP contribution in [-0.4, -0.2) is 17.1 Å². The molecular weight excluding hydrogens is 366 g/mol. The third kappa shape index (κ3) is 3.93. The summed E-state index contributed by atoms with van der Waals surface area (Å²) < 4.78 is 0. The maximum atomic E-state index is 13.3. The Morgan fingerprint density at radius 2 is 1.43 bits per heavy atom. The number of imide groups is 1. The van der Waals surface area contributed by atoms with Crippen LogP contribution in [0, 0.1) is 6.92 Å². The summed E-state index contributed by atoms with van der Waals surface area (Å²) in [5.41, 5.74) is 4.21. The molecule has 3 rings (SSSR count). The van der Waals surface area contributed by atoms with Crippen molar-refractivity contribution in [2.75, 3.05) is 4.90 Å². The normalized spacial score (nSPS) is 15.2. The molecule has 146 valence electrons. The Kier molecular flexibility index (Phi) is 5.53. The Balaban J connectivity index is 2.04. The average molecular weight is 394 g/mol. The molecule has 0 N–H and O–H groups in total. The lowest BCUT2D eigenvalue weighted by Crippen LogP contribution is -2.31. The smallest absolute Gasteiger partial charge is 0.268 e. The lowest BCUT2D eigenvalue weighted by Gasteiger charge is -2.21. The number of hydrogen-bond acceptors (Lipinski definition) is 3. The van der Waals surface area contributed by atoms with Gasteiger partial charge in [-0.15, -0.1) is 11.8 Å². The van der Waals surface area contributed by atoms with Crippen molar-refractivity contribution >= 4 is 34.8 Å². The van der Waals surface area contributed by atoms with E-state index in [9.17, 15) is 9.59 Å². The van der Waals surface area contributed by atoms with E-state index in [-0.39, 0.29) is 22.5 Å². The lowest BCUT2D eigenvalue weighted by molar-refractivity contribution is -0.119. The summed E-state index contributed by atoms with van der Waals surface area (Å²) in [5, 5.41) is 0.204. The highest BCUT2D eigenvalue weighted by Crippen LogP contribution is 2.40. The summed E-state index contributed by atoms with van der Waals surface area (Å²) in [6, 6.07) is 15.5. The van der Waals surface area contributed by atoms with Crippen molar-refractivity contribution in [3.63, 3.8) is 0 Å². The summed E-state index contributed by atoms with van der Waals surface area (Å²) in [4.78, 5) is 28.4. The van der Waals surface area contributed by atoms with Crippen LogP contribution in [0.4, 0.5) is 5.69 Å². The number of aryl methyl sites for hydroxylation is 1. The van der Waals surface area contributed by atoms with Gasteiger partial charge in [0.2, 0.25) is 0 Å². The van der Waals surface area contributed by atoms with Gasteiger partial charge < -0.3 is 0 Å². The molecule has 28 heavy (non-hydrogen) atoms. The number of rotatable bonds is 4. The molecule has 1 heterocycles. The molecule has 0 unspecified atom stereocenters. The fourth-order valence-electron chi connectivity index (χ4n) is 3.17. The minimum absolute atomic E-state index is 0.0154. The molecular formula is C24H27NO2S. The number of carbonyl (C=O) groups excluding carboxylic acids is 2.